The number of carbonyl (C=O) groups is 1. The van der Waals surface area contributed by atoms with Crippen LogP contribution in [0.1, 0.15) is 8.42 Å². The zero-order chi connectivity index (χ0) is 18.0. The molecule has 2 aromatic rings. The van der Waals surface area contributed by atoms with Crippen molar-refractivity contribution < 1.29 is 81.7 Å². The van der Waals surface area contributed by atoms with Crippen LogP contribution in [0.3, 0.4) is 0 Å². The fraction of sp³-hybridized carbons (Fsp3) is 0.133. The minimum Gasteiger partial charge on any atom is -1.00 e. The van der Waals surface area contributed by atoms with Crippen molar-refractivity contribution in [2.75, 3.05) is 0 Å². The molecule has 2 aromatic carbocycles. The third-order valence-electron chi connectivity index (χ3n) is 3.04. The monoisotopic (exact) mass is 825 g/mol. The van der Waals surface area contributed by atoms with E-state index < -0.39 is 12.0 Å². The van der Waals surface area contributed by atoms with Gasteiger partial charge in [-0.25, -0.2) is 0 Å². The minimum atomic E-state index is -1.02. The van der Waals surface area contributed by atoms with E-state index in [0.29, 0.717) is 18.6 Å². The standard InChI is InChI=1S/C15H11I4NO4.2Na.2H/c16-8-4-7(5-9(17)13(8)21)24-14-10(18)1-6(2-11(14)19)3-12(20)15(22)23;;;;/h1-2,4-5,12,21H,3,20H2,(H,22,23);;;;/q;2*+1;2*-1/t12-;;;;/m0..../s1. The molecule has 1 atom stereocenters. The Bertz CT molecular complexity index is 772. The fourth-order valence-electron chi connectivity index (χ4n) is 1.89. The maximum absolute atomic E-state index is 10.9. The van der Waals surface area contributed by atoms with Gasteiger partial charge in [-0.15, -0.1) is 0 Å². The van der Waals surface area contributed by atoms with Crippen LogP contribution in [0.5, 0.6) is 17.2 Å². The van der Waals surface area contributed by atoms with Gasteiger partial charge in [-0.2, -0.15) is 0 Å². The Balaban J connectivity index is -0.00000156. The Labute approximate surface area is 253 Å². The van der Waals surface area contributed by atoms with E-state index in [-0.39, 0.29) is 74.1 Å². The Morgan fingerprint density at radius 3 is 1.92 bits per heavy atom. The maximum atomic E-state index is 10.9. The second-order valence-corrected chi connectivity index (χ2v) is 9.52. The van der Waals surface area contributed by atoms with Gasteiger partial charge in [0.15, 0.2) is 5.75 Å². The number of aromatic hydroxyl groups is 1. The zero-order valence-corrected chi connectivity index (χ0v) is 26.5. The van der Waals surface area contributed by atoms with Crippen molar-refractivity contribution in [2.24, 2.45) is 5.73 Å². The molecular formula is C15H13I4NNa2O4. The number of halogens is 4. The zero-order valence-electron chi connectivity index (χ0n) is 15.9. The largest absolute Gasteiger partial charge is 1.00 e. The summed E-state index contributed by atoms with van der Waals surface area (Å²) in [5.74, 6) is 0.549. The number of carboxylic acids is 1. The Morgan fingerprint density at radius 2 is 1.50 bits per heavy atom. The van der Waals surface area contributed by atoms with Gasteiger partial charge in [0.1, 0.15) is 17.5 Å². The number of phenolic OH excluding ortho intramolecular Hbond substituents is 1. The van der Waals surface area contributed by atoms with Gasteiger partial charge in [0.05, 0.1) is 14.3 Å². The van der Waals surface area contributed by atoms with Gasteiger partial charge in [-0.1, -0.05) is 0 Å². The van der Waals surface area contributed by atoms with E-state index in [1.54, 1.807) is 12.1 Å². The average Bonchev–Trinajstić information content (AvgIpc) is 2.48. The molecule has 2 rings (SSSR count). The summed E-state index contributed by atoms with van der Waals surface area (Å²) in [6.45, 7) is 0. The number of rotatable bonds is 5. The summed E-state index contributed by atoms with van der Waals surface area (Å²) >= 11 is 8.42. The summed E-state index contributed by atoms with van der Waals surface area (Å²) < 4.78 is 9.14. The molecule has 0 amide bonds. The van der Waals surface area contributed by atoms with Gasteiger partial charge in [0.2, 0.25) is 0 Å². The van der Waals surface area contributed by atoms with E-state index in [1.165, 1.54) is 0 Å². The molecule has 5 nitrogen and oxygen atoms in total. The summed E-state index contributed by atoms with van der Waals surface area (Å²) in [4.78, 5) is 10.9. The van der Waals surface area contributed by atoms with E-state index in [9.17, 15) is 9.90 Å². The summed E-state index contributed by atoms with van der Waals surface area (Å²) in [5.41, 5.74) is 6.44. The number of ether oxygens (including phenoxy) is 1. The molecule has 0 bridgehead atoms. The first-order valence-electron chi connectivity index (χ1n) is 6.51. The topological polar surface area (TPSA) is 92.8 Å². The van der Waals surface area contributed by atoms with Gasteiger partial charge in [0, 0.05) is 0 Å². The molecular weight excluding hydrogens is 812 g/mol. The van der Waals surface area contributed by atoms with Crippen molar-refractivity contribution in [1.29, 1.82) is 0 Å². The Kier molecular flexibility index (Phi) is 14.1. The predicted molar refractivity (Wildman–Crippen MR) is 127 cm³/mol. The number of carboxylic acid groups (broad SMARTS) is 1. The number of nitrogens with two attached hydrogens (primary N) is 1. The van der Waals surface area contributed by atoms with Crippen LogP contribution in [-0.4, -0.2) is 22.2 Å². The molecule has 0 saturated heterocycles. The van der Waals surface area contributed by atoms with Gasteiger partial charge in [-0.05, 0) is 127 Å². The number of hydrogen-bond acceptors (Lipinski definition) is 4. The fourth-order valence-corrected chi connectivity index (χ4v) is 5.72. The van der Waals surface area contributed by atoms with E-state index >= 15 is 0 Å². The van der Waals surface area contributed by atoms with Crippen LogP contribution in [0.4, 0.5) is 0 Å². The molecule has 0 spiro atoms. The van der Waals surface area contributed by atoms with E-state index in [4.69, 9.17) is 15.6 Å². The van der Waals surface area contributed by atoms with Crippen molar-refractivity contribution in [3.63, 3.8) is 0 Å². The van der Waals surface area contributed by atoms with Gasteiger partial charge >= 0.3 is 65.1 Å². The second-order valence-electron chi connectivity index (χ2n) is 4.88. The van der Waals surface area contributed by atoms with Crippen LogP contribution in [0.25, 0.3) is 0 Å². The first-order valence-corrected chi connectivity index (χ1v) is 10.8. The summed E-state index contributed by atoms with van der Waals surface area (Å²) in [7, 11) is 0. The van der Waals surface area contributed by atoms with E-state index in [1.807, 2.05) is 12.1 Å². The predicted octanol–water partition coefficient (Wildman–Crippen LogP) is -1.21. The van der Waals surface area contributed by atoms with Gasteiger partial charge < -0.3 is 23.5 Å². The molecule has 0 aromatic heterocycles. The average molecular weight is 825 g/mol. The molecule has 0 aliphatic heterocycles. The van der Waals surface area contributed by atoms with Crippen molar-refractivity contribution in [1.82, 2.24) is 0 Å². The molecule has 0 radical (unpaired) electrons. The Hall–Kier alpha value is 2.39. The van der Waals surface area contributed by atoms with Crippen LogP contribution in [0, 0.1) is 14.3 Å². The van der Waals surface area contributed by atoms with Gasteiger partial charge in [0.25, 0.3) is 0 Å². The first kappa shape index (κ1) is 28.4. The third kappa shape index (κ3) is 7.91. The minimum absolute atomic E-state index is 0. The summed E-state index contributed by atoms with van der Waals surface area (Å²) in [6, 6.07) is 6.34. The molecule has 0 saturated carbocycles. The number of aliphatic carboxylic acids is 1. The summed E-state index contributed by atoms with van der Waals surface area (Å²) in [5, 5.41) is 18.8. The van der Waals surface area contributed by atoms with Gasteiger partial charge in [-0.3, -0.25) is 4.79 Å². The SMILES string of the molecule is N[C@@H](Cc1cc(I)c(Oc2cc(I)c(O)c(I)c2)c(I)c1)C(=O)O.[H-].[H-].[Na+].[Na+]. The molecule has 0 unspecified atom stereocenters. The summed E-state index contributed by atoms with van der Waals surface area (Å²) in [6.07, 6.45) is 0.261. The molecule has 0 heterocycles. The maximum Gasteiger partial charge on any atom is 1.00 e. The molecule has 0 fully saturated rings. The molecule has 132 valence electrons. The molecule has 0 aliphatic rings. The van der Waals surface area contributed by atoms with E-state index in [0.717, 1.165) is 12.7 Å². The van der Waals surface area contributed by atoms with Crippen LogP contribution in [0.2, 0.25) is 0 Å². The Morgan fingerprint density at radius 1 is 1.04 bits per heavy atom. The smallest absolute Gasteiger partial charge is 1.00 e. The quantitative estimate of drug-likeness (QED) is 0.261. The molecule has 4 N–H and O–H groups in total. The van der Waals surface area contributed by atoms with E-state index in [2.05, 4.69) is 90.4 Å². The number of hydrogen-bond donors (Lipinski definition) is 3. The molecule has 0 aliphatic carbocycles. The van der Waals surface area contributed by atoms with Crippen LogP contribution in [0.15, 0.2) is 24.3 Å². The van der Waals surface area contributed by atoms with Crippen molar-refractivity contribution in [2.45, 2.75) is 12.5 Å². The first-order chi connectivity index (χ1) is 11.2. The van der Waals surface area contributed by atoms with Crippen LogP contribution in [-0.2, 0) is 11.2 Å². The second kappa shape index (κ2) is 12.9. The van der Waals surface area contributed by atoms with Crippen molar-refractivity contribution >= 4 is 96.3 Å². The normalized spacial score (nSPS) is 11.1. The third-order valence-corrected chi connectivity index (χ3v) is 6.29. The van der Waals surface area contributed by atoms with Crippen LogP contribution < -0.4 is 69.6 Å². The number of phenols is 1. The van der Waals surface area contributed by atoms with Crippen molar-refractivity contribution in [3.05, 3.63) is 44.1 Å². The number of benzene rings is 2. The van der Waals surface area contributed by atoms with Crippen molar-refractivity contribution in [3.8, 4) is 17.2 Å². The van der Waals surface area contributed by atoms with Crippen LogP contribution >= 0.6 is 90.4 Å². The molecule has 26 heavy (non-hydrogen) atoms. The molecule has 11 heteroatoms.